The molecule has 0 atom stereocenters. The molecule has 1 heterocycles. The van der Waals surface area contributed by atoms with E-state index in [9.17, 15) is 18.0 Å². The number of carbonyl (C=O) groups excluding carboxylic acids is 1. The molecule has 1 fully saturated rings. The standard InChI is InChI=1S/C14H17F3N2O/c1-9-6-10(8-12(18)7-9)13(20)19-4-2-11(3-5-19)14(15,16)17/h6-8,11H,2-5,18H2,1H3. The fourth-order valence-electron chi connectivity index (χ4n) is 2.53. The monoisotopic (exact) mass is 286 g/mol. The first-order valence-electron chi connectivity index (χ1n) is 6.50. The Bertz CT molecular complexity index is 485. The van der Waals surface area contributed by atoms with Crippen LogP contribution in [-0.4, -0.2) is 30.1 Å². The smallest absolute Gasteiger partial charge is 0.391 e. The van der Waals surface area contributed by atoms with E-state index >= 15 is 0 Å². The van der Waals surface area contributed by atoms with Crippen LogP contribution in [0.4, 0.5) is 18.9 Å². The number of alkyl halides is 3. The van der Waals surface area contributed by atoms with E-state index in [-0.39, 0.29) is 31.8 Å². The second kappa shape index (κ2) is 5.34. The lowest BCUT2D eigenvalue weighted by Crippen LogP contribution is -2.42. The number of benzene rings is 1. The summed E-state index contributed by atoms with van der Waals surface area (Å²) in [6, 6.07) is 5.01. The summed E-state index contributed by atoms with van der Waals surface area (Å²) in [6.45, 7) is 2.09. The molecule has 6 heteroatoms. The first kappa shape index (κ1) is 14.7. The summed E-state index contributed by atoms with van der Waals surface area (Å²) in [4.78, 5) is 13.7. The predicted octanol–water partition coefficient (Wildman–Crippen LogP) is 2.99. The van der Waals surface area contributed by atoms with Gasteiger partial charge in [-0.05, 0) is 43.5 Å². The molecule has 20 heavy (non-hydrogen) atoms. The second-order valence-electron chi connectivity index (χ2n) is 5.24. The highest BCUT2D eigenvalue weighted by atomic mass is 19.4. The van der Waals surface area contributed by atoms with Crippen LogP contribution in [0.5, 0.6) is 0 Å². The molecule has 1 aromatic carbocycles. The minimum Gasteiger partial charge on any atom is -0.399 e. The van der Waals surface area contributed by atoms with Gasteiger partial charge in [0.2, 0.25) is 0 Å². The van der Waals surface area contributed by atoms with Crippen molar-refractivity contribution >= 4 is 11.6 Å². The highest BCUT2D eigenvalue weighted by Gasteiger charge is 2.41. The summed E-state index contributed by atoms with van der Waals surface area (Å²) in [5.41, 5.74) is 7.47. The van der Waals surface area contributed by atoms with Crippen LogP contribution < -0.4 is 5.73 Å². The van der Waals surface area contributed by atoms with Crippen molar-refractivity contribution in [3.05, 3.63) is 29.3 Å². The molecule has 1 aromatic rings. The van der Waals surface area contributed by atoms with Gasteiger partial charge in [-0.1, -0.05) is 0 Å². The first-order valence-corrected chi connectivity index (χ1v) is 6.50. The average molecular weight is 286 g/mol. The van der Waals surface area contributed by atoms with Crippen molar-refractivity contribution in [1.82, 2.24) is 4.90 Å². The van der Waals surface area contributed by atoms with Crippen LogP contribution in [0.1, 0.15) is 28.8 Å². The molecule has 0 saturated carbocycles. The largest absolute Gasteiger partial charge is 0.399 e. The van der Waals surface area contributed by atoms with Crippen LogP contribution in [0.3, 0.4) is 0 Å². The van der Waals surface area contributed by atoms with Crippen LogP contribution in [0, 0.1) is 12.8 Å². The van der Waals surface area contributed by atoms with Gasteiger partial charge in [0.25, 0.3) is 5.91 Å². The van der Waals surface area contributed by atoms with E-state index in [0.717, 1.165) is 5.56 Å². The third kappa shape index (κ3) is 3.23. The fourth-order valence-corrected chi connectivity index (χ4v) is 2.53. The van der Waals surface area contributed by atoms with Gasteiger partial charge in [-0.2, -0.15) is 13.2 Å². The Morgan fingerprint density at radius 2 is 1.85 bits per heavy atom. The minimum absolute atomic E-state index is 0.0312. The molecule has 0 spiro atoms. The predicted molar refractivity (Wildman–Crippen MR) is 70.3 cm³/mol. The zero-order chi connectivity index (χ0) is 14.9. The molecular formula is C14H17F3N2O. The number of hydrogen-bond acceptors (Lipinski definition) is 2. The number of nitrogens with two attached hydrogens (primary N) is 1. The van der Waals surface area contributed by atoms with Crippen molar-refractivity contribution < 1.29 is 18.0 Å². The number of piperidine rings is 1. The van der Waals surface area contributed by atoms with Crippen LogP contribution in [-0.2, 0) is 0 Å². The van der Waals surface area contributed by atoms with Crippen LogP contribution in [0.25, 0.3) is 0 Å². The van der Waals surface area contributed by atoms with Crippen LogP contribution >= 0.6 is 0 Å². The van der Waals surface area contributed by atoms with E-state index in [4.69, 9.17) is 5.73 Å². The van der Waals surface area contributed by atoms with E-state index in [0.29, 0.717) is 11.3 Å². The normalized spacial score (nSPS) is 17.3. The number of rotatable bonds is 1. The fraction of sp³-hybridized carbons (Fsp3) is 0.500. The summed E-state index contributed by atoms with van der Waals surface area (Å²) in [5.74, 6) is -1.55. The number of aryl methyl sites for hydroxylation is 1. The zero-order valence-electron chi connectivity index (χ0n) is 11.2. The number of nitrogen functional groups attached to an aromatic ring is 1. The molecule has 1 amide bonds. The second-order valence-corrected chi connectivity index (χ2v) is 5.24. The minimum atomic E-state index is -4.16. The lowest BCUT2D eigenvalue weighted by Gasteiger charge is -2.33. The molecular weight excluding hydrogens is 269 g/mol. The number of anilines is 1. The summed E-state index contributed by atoms with van der Waals surface area (Å²) < 4.78 is 37.7. The van der Waals surface area contributed by atoms with Gasteiger partial charge in [0.15, 0.2) is 0 Å². The third-order valence-corrected chi connectivity index (χ3v) is 3.59. The summed E-state index contributed by atoms with van der Waals surface area (Å²) in [6.07, 6.45) is -4.23. The van der Waals surface area contributed by atoms with E-state index in [1.807, 2.05) is 6.92 Å². The van der Waals surface area contributed by atoms with E-state index < -0.39 is 12.1 Å². The number of halogens is 3. The Kier molecular flexibility index (Phi) is 3.92. The number of nitrogens with zero attached hydrogens (tertiary/aromatic N) is 1. The Balaban J connectivity index is 2.05. The first-order chi connectivity index (χ1) is 9.27. The van der Waals surface area contributed by atoms with Gasteiger partial charge in [0, 0.05) is 24.3 Å². The molecule has 0 unspecified atom stereocenters. The summed E-state index contributed by atoms with van der Waals surface area (Å²) in [5, 5.41) is 0. The quantitative estimate of drug-likeness (QED) is 0.807. The van der Waals surface area contributed by atoms with Crippen molar-refractivity contribution in [3.63, 3.8) is 0 Å². The molecule has 1 aliphatic rings. The molecule has 0 radical (unpaired) electrons. The number of carbonyl (C=O) groups is 1. The Morgan fingerprint density at radius 1 is 1.25 bits per heavy atom. The van der Waals surface area contributed by atoms with Gasteiger partial charge in [0.05, 0.1) is 5.92 Å². The van der Waals surface area contributed by atoms with Gasteiger partial charge in [-0.3, -0.25) is 4.79 Å². The van der Waals surface area contributed by atoms with Crippen molar-refractivity contribution in [2.24, 2.45) is 5.92 Å². The summed E-state index contributed by atoms with van der Waals surface area (Å²) >= 11 is 0. The maximum atomic E-state index is 12.6. The molecule has 1 aliphatic heterocycles. The number of amides is 1. The van der Waals surface area contributed by atoms with Gasteiger partial charge < -0.3 is 10.6 Å². The van der Waals surface area contributed by atoms with Gasteiger partial charge in [-0.25, -0.2) is 0 Å². The van der Waals surface area contributed by atoms with Gasteiger partial charge >= 0.3 is 6.18 Å². The zero-order valence-corrected chi connectivity index (χ0v) is 11.2. The Hall–Kier alpha value is -1.72. The summed E-state index contributed by atoms with van der Waals surface area (Å²) in [7, 11) is 0. The number of likely N-dealkylation sites (tertiary alicyclic amines) is 1. The van der Waals surface area contributed by atoms with E-state index in [1.54, 1.807) is 18.2 Å². The van der Waals surface area contributed by atoms with Crippen molar-refractivity contribution in [2.75, 3.05) is 18.8 Å². The molecule has 2 N–H and O–H groups in total. The molecule has 1 saturated heterocycles. The Labute approximate surface area is 115 Å². The SMILES string of the molecule is Cc1cc(N)cc(C(=O)N2CCC(C(F)(F)F)CC2)c1. The maximum absolute atomic E-state index is 12.6. The molecule has 110 valence electrons. The molecule has 0 bridgehead atoms. The highest BCUT2D eigenvalue weighted by Crippen LogP contribution is 2.34. The maximum Gasteiger partial charge on any atom is 0.391 e. The Morgan fingerprint density at radius 3 is 2.35 bits per heavy atom. The number of hydrogen-bond donors (Lipinski definition) is 1. The molecule has 3 nitrogen and oxygen atoms in total. The topological polar surface area (TPSA) is 46.3 Å². The van der Waals surface area contributed by atoms with Crippen molar-refractivity contribution in [3.8, 4) is 0 Å². The van der Waals surface area contributed by atoms with Gasteiger partial charge in [-0.15, -0.1) is 0 Å². The van der Waals surface area contributed by atoms with Crippen LogP contribution in [0.2, 0.25) is 0 Å². The average Bonchev–Trinajstić information content (AvgIpc) is 2.36. The van der Waals surface area contributed by atoms with Crippen molar-refractivity contribution in [1.29, 1.82) is 0 Å². The van der Waals surface area contributed by atoms with E-state index in [2.05, 4.69) is 0 Å². The molecule has 2 rings (SSSR count). The van der Waals surface area contributed by atoms with E-state index in [1.165, 1.54) is 4.90 Å². The lowest BCUT2D eigenvalue weighted by molar-refractivity contribution is -0.183. The van der Waals surface area contributed by atoms with Crippen molar-refractivity contribution in [2.45, 2.75) is 25.9 Å². The lowest BCUT2D eigenvalue weighted by atomic mass is 9.95. The highest BCUT2D eigenvalue weighted by molar-refractivity contribution is 5.95. The molecule has 0 aliphatic carbocycles. The van der Waals surface area contributed by atoms with Crippen LogP contribution in [0.15, 0.2) is 18.2 Å². The molecule has 0 aromatic heterocycles. The van der Waals surface area contributed by atoms with Gasteiger partial charge in [0.1, 0.15) is 0 Å². The third-order valence-electron chi connectivity index (χ3n) is 3.59.